The highest BCUT2D eigenvalue weighted by Gasteiger charge is 2.24. The minimum atomic E-state index is -0.295. The number of ether oxygens (including phenoxy) is 1. The highest BCUT2D eigenvalue weighted by atomic mass is 19.1. The Bertz CT molecular complexity index is 981. The van der Waals surface area contributed by atoms with Crippen LogP contribution in [0.1, 0.15) is 5.56 Å². The Morgan fingerprint density at radius 2 is 1.76 bits per heavy atom. The minimum absolute atomic E-state index is 0.295. The lowest BCUT2D eigenvalue weighted by atomic mass is 9.96. The van der Waals surface area contributed by atoms with Crippen LogP contribution >= 0.6 is 0 Å². The first-order valence-corrected chi connectivity index (χ1v) is 7.91. The predicted octanol–water partition coefficient (Wildman–Crippen LogP) is 3.95. The number of rotatable bonds is 4. The molecule has 1 aliphatic heterocycles. The van der Waals surface area contributed by atoms with Crippen LogP contribution in [0, 0.1) is 5.82 Å². The van der Waals surface area contributed by atoms with Crippen LogP contribution in [0.2, 0.25) is 0 Å². The van der Waals surface area contributed by atoms with Crippen LogP contribution in [0.4, 0.5) is 10.2 Å². The van der Waals surface area contributed by atoms with E-state index in [0.29, 0.717) is 29.2 Å². The zero-order valence-corrected chi connectivity index (χ0v) is 13.7. The smallest absolute Gasteiger partial charge is 0.133 e. The van der Waals surface area contributed by atoms with Crippen molar-refractivity contribution < 1.29 is 9.13 Å². The summed E-state index contributed by atoms with van der Waals surface area (Å²) in [5, 5.41) is 0. The van der Waals surface area contributed by atoms with Gasteiger partial charge in [-0.3, -0.25) is 4.99 Å². The van der Waals surface area contributed by atoms with E-state index in [1.54, 1.807) is 25.3 Å². The van der Waals surface area contributed by atoms with Gasteiger partial charge in [-0.2, -0.15) is 0 Å². The standard InChI is InChI=1S/C20H16FN3O/c1-25-13-8-6-12(7-9-13)17-10-15(14-4-2-3-5-16(14)21)19(18-11-23-18)20(22)24-17/h2-10H,11H2,1H3,(H2,22,24). The second-order valence-electron chi connectivity index (χ2n) is 5.79. The summed E-state index contributed by atoms with van der Waals surface area (Å²) in [6.45, 7) is 0.620. The van der Waals surface area contributed by atoms with Crippen molar-refractivity contribution in [3.05, 3.63) is 66.0 Å². The van der Waals surface area contributed by atoms with E-state index in [9.17, 15) is 4.39 Å². The number of aliphatic imine (C=N–C) groups is 1. The number of aromatic nitrogens is 1. The second kappa shape index (κ2) is 6.02. The maximum absolute atomic E-state index is 14.4. The quantitative estimate of drug-likeness (QED) is 0.786. The van der Waals surface area contributed by atoms with E-state index in [-0.39, 0.29) is 5.82 Å². The van der Waals surface area contributed by atoms with Crippen LogP contribution in [-0.2, 0) is 0 Å². The van der Waals surface area contributed by atoms with Crippen molar-refractivity contribution in [1.29, 1.82) is 0 Å². The number of nitrogens with two attached hydrogens (primary N) is 1. The summed E-state index contributed by atoms with van der Waals surface area (Å²) < 4.78 is 19.6. The van der Waals surface area contributed by atoms with Crippen LogP contribution < -0.4 is 10.5 Å². The van der Waals surface area contributed by atoms with Gasteiger partial charge in [-0.15, -0.1) is 0 Å². The third-order valence-electron chi connectivity index (χ3n) is 4.20. The Morgan fingerprint density at radius 3 is 2.40 bits per heavy atom. The molecule has 3 aromatic rings. The first-order chi connectivity index (χ1) is 12.2. The molecule has 25 heavy (non-hydrogen) atoms. The molecular formula is C20H16FN3O. The molecule has 1 aliphatic rings. The van der Waals surface area contributed by atoms with Crippen LogP contribution in [0.3, 0.4) is 0 Å². The number of hydrogen-bond donors (Lipinski definition) is 1. The Kier molecular flexibility index (Phi) is 3.69. The summed E-state index contributed by atoms with van der Waals surface area (Å²) >= 11 is 0. The predicted molar refractivity (Wildman–Crippen MR) is 97.4 cm³/mol. The van der Waals surface area contributed by atoms with Gasteiger partial charge in [-0.05, 0) is 42.0 Å². The average molecular weight is 333 g/mol. The van der Waals surface area contributed by atoms with Crippen LogP contribution in [0.15, 0.2) is 59.6 Å². The summed E-state index contributed by atoms with van der Waals surface area (Å²) in [6.07, 6.45) is 0. The Hall–Kier alpha value is -3.21. The first kappa shape index (κ1) is 15.3. The van der Waals surface area contributed by atoms with Gasteiger partial charge >= 0.3 is 0 Å². The molecule has 0 saturated carbocycles. The molecule has 0 atom stereocenters. The summed E-state index contributed by atoms with van der Waals surface area (Å²) in [6, 6.07) is 16.0. The fraction of sp³-hybridized carbons (Fsp3) is 0.100. The number of nitrogen functional groups attached to an aromatic ring is 1. The molecule has 4 rings (SSSR count). The fourth-order valence-electron chi connectivity index (χ4n) is 2.87. The van der Waals surface area contributed by atoms with Gasteiger partial charge in [-0.25, -0.2) is 9.37 Å². The maximum atomic E-state index is 14.4. The largest absolute Gasteiger partial charge is 0.497 e. The second-order valence-corrected chi connectivity index (χ2v) is 5.79. The molecule has 4 nitrogen and oxygen atoms in total. The number of anilines is 1. The zero-order chi connectivity index (χ0) is 17.4. The maximum Gasteiger partial charge on any atom is 0.133 e. The van der Waals surface area contributed by atoms with E-state index in [0.717, 1.165) is 22.6 Å². The molecule has 0 unspecified atom stereocenters. The molecule has 0 fully saturated rings. The molecule has 1 aromatic heterocycles. The summed E-state index contributed by atoms with van der Waals surface area (Å²) in [5.41, 5.74) is 10.6. The molecule has 2 heterocycles. The minimum Gasteiger partial charge on any atom is -0.497 e. The lowest BCUT2D eigenvalue weighted by molar-refractivity contribution is 0.415. The molecule has 124 valence electrons. The lowest BCUT2D eigenvalue weighted by Gasteiger charge is -2.13. The Labute approximate surface area is 144 Å². The Balaban J connectivity index is 1.90. The van der Waals surface area contributed by atoms with Gasteiger partial charge in [-0.1, -0.05) is 18.2 Å². The SMILES string of the molecule is COc1ccc(-c2cc(-c3ccccc3F)c(C3=NC3)c(N)n2)cc1. The van der Waals surface area contributed by atoms with E-state index in [2.05, 4.69) is 9.98 Å². The molecule has 0 spiro atoms. The highest BCUT2D eigenvalue weighted by Crippen LogP contribution is 2.35. The normalized spacial score (nSPS) is 12.6. The van der Waals surface area contributed by atoms with Gasteiger partial charge in [0.1, 0.15) is 17.4 Å². The van der Waals surface area contributed by atoms with E-state index in [1.165, 1.54) is 6.07 Å². The average Bonchev–Trinajstić information content (AvgIpc) is 3.46. The van der Waals surface area contributed by atoms with E-state index in [1.807, 2.05) is 30.3 Å². The van der Waals surface area contributed by atoms with Crippen molar-refractivity contribution in [3.63, 3.8) is 0 Å². The topological polar surface area (TPSA) is 60.5 Å². The summed E-state index contributed by atoms with van der Waals surface area (Å²) in [7, 11) is 1.62. The number of methoxy groups -OCH3 is 1. The zero-order valence-electron chi connectivity index (χ0n) is 13.7. The van der Waals surface area contributed by atoms with Crippen LogP contribution in [0.5, 0.6) is 5.75 Å². The molecular weight excluding hydrogens is 317 g/mol. The number of halogens is 1. The molecule has 0 radical (unpaired) electrons. The third-order valence-corrected chi connectivity index (χ3v) is 4.20. The van der Waals surface area contributed by atoms with Crippen molar-refractivity contribution in [2.75, 3.05) is 19.4 Å². The van der Waals surface area contributed by atoms with E-state index < -0.39 is 0 Å². The van der Waals surface area contributed by atoms with Gasteiger partial charge in [0.15, 0.2) is 0 Å². The first-order valence-electron chi connectivity index (χ1n) is 7.91. The lowest BCUT2D eigenvalue weighted by Crippen LogP contribution is -2.05. The van der Waals surface area contributed by atoms with Crippen molar-refractivity contribution in [2.45, 2.75) is 0 Å². The van der Waals surface area contributed by atoms with Crippen molar-refractivity contribution in [3.8, 4) is 28.1 Å². The number of benzene rings is 2. The van der Waals surface area contributed by atoms with Gasteiger partial charge in [0, 0.05) is 16.7 Å². The van der Waals surface area contributed by atoms with Crippen molar-refractivity contribution in [1.82, 2.24) is 4.98 Å². The fourth-order valence-corrected chi connectivity index (χ4v) is 2.87. The number of hydrogen-bond acceptors (Lipinski definition) is 4. The molecule has 0 bridgehead atoms. The van der Waals surface area contributed by atoms with Gasteiger partial charge in [0.2, 0.25) is 0 Å². The van der Waals surface area contributed by atoms with Gasteiger partial charge < -0.3 is 10.5 Å². The number of pyridine rings is 1. The summed E-state index contributed by atoms with van der Waals surface area (Å²) in [5.74, 6) is 0.828. The van der Waals surface area contributed by atoms with E-state index >= 15 is 0 Å². The highest BCUT2D eigenvalue weighted by molar-refractivity contribution is 6.17. The Morgan fingerprint density at radius 1 is 1.04 bits per heavy atom. The van der Waals surface area contributed by atoms with Crippen molar-refractivity contribution in [2.24, 2.45) is 4.99 Å². The molecule has 2 N–H and O–H groups in total. The van der Waals surface area contributed by atoms with Crippen LogP contribution in [0.25, 0.3) is 22.4 Å². The molecule has 0 saturated heterocycles. The van der Waals surface area contributed by atoms with E-state index in [4.69, 9.17) is 10.5 Å². The molecule has 2 aromatic carbocycles. The van der Waals surface area contributed by atoms with Gasteiger partial charge in [0.25, 0.3) is 0 Å². The monoisotopic (exact) mass is 333 g/mol. The molecule has 0 amide bonds. The third kappa shape index (κ3) is 2.85. The van der Waals surface area contributed by atoms with Crippen LogP contribution in [-0.4, -0.2) is 24.4 Å². The molecule has 5 heteroatoms. The van der Waals surface area contributed by atoms with Gasteiger partial charge in [0.05, 0.1) is 25.1 Å². The van der Waals surface area contributed by atoms with Crippen molar-refractivity contribution >= 4 is 11.5 Å². The summed E-state index contributed by atoms with van der Waals surface area (Å²) in [4.78, 5) is 8.74. The number of nitrogens with zero attached hydrogens (tertiary/aromatic N) is 2. The molecule has 0 aliphatic carbocycles.